The topological polar surface area (TPSA) is 89.9 Å². The Hall–Kier alpha value is -1.92. The number of piperazine rings is 1. The number of aliphatic carboxylic acids is 2. The van der Waals surface area contributed by atoms with E-state index >= 15 is 0 Å². The maximum atomic E-state index is 9.10. The van der Waals surface area contributed by atoms with Crippen LogP contribution in [0.4, 0.5) is 0 Å². The van der Waals surface area contributed by atoms with E-state index in [-0.39, 0.29) is 0 Å². The molecule has 1 aromatic carbocycles. The first-order valence-electron chi connectivity index (χ1n) is 6.45. The molecule has 1 saturated heterocycles. The highest BCUT2D eigenvalue weighted by Crippen LogP contribution is 2.09. The third-order valence-corrected chi connectivity index (χ3v) is 3.05. The van der Waals surface area contributed by atoms with E-state index in [4.69, 9.17) is 19.8 Å². The number of hydrogen-bond donors (Lipinski definition) is 3. The molecule has 6 heteroatoms. The Balaban J connectivity index is 0.000000286. The number of carbonyl (C=O) groups is 2. The van der Waals surface area contributed by atoms with E-state index in [2.05, 4.69) is 47.5 Å². The van der Waals surface area contributed by atoms with Crippen molar-refractivity contribution in [3.8, 4) is 0 Å². The van der Waals surface area contributed by atoms with Crippen molar-refractivity contribution in [1.29, 1.82) is 0 Å². The van der Waals surface area contributed by atoms with E-state index in [9.17, 15) is 0 Å². The van der Waals surface area contributed by atoms with Crippen LogP contribution in [-0.2, 0) is 16.1 Å². The molecule has 0 bridgehead atoms. The second kappa shape index (κ2) is 8.29. The molecule has 110 valence electrons. The van der Waals surface area contributed by atoms with Crippen LogP contribution in [0.3, 0.4) is 0 Å². The lowest BCUT2D eigenvalue weighted by molar-refractivity contribution is -0.159. The van der Waals surface area contributed by atoms with Gasteiger partial charge in [-0.15, -0.1) is 0 Å². The van der Waals surface area contributed by atoms with Crippen molar-refractivity contribution in [1.82, 2.24) is 10.2 Å². The predicted octanol–water partition coefficient (Wildman–Crippen LogP) is 0.636. The third-order valence-electron chi connectivity index (χ3n) is 3.05. The van der Waals surface area contributed by atoms with Gasteiger partial charge in [0, 0.05) is 32.2 Å². The Bertz CT molecular complexity index is 424. The van der Waals surface area contributed by atoms with Crippen LogP contribution in [0.15, 0.2) is 30.3 Å². The SMILES string of the molecule is C[C@H]1CNCCN1Cc1ccccc1.O=C(O)C(=O)O. The summed E-state index contributed by atoms with van der Waals surface area (Å²) < 4.78 is 0. The number of carboxylic acids is 2. The number of rotatable bonds is 2. The molecular formula is C14H20N2O4. The van der Waals surface area contributed by atoms with Gasteiger partial charge in [-0.25, -0.2) is 9.59 Å². The molecule has 1 fully saturated rings. The van der Waals surface area contributed by atoms with E-state index in [1.165, 1.54) is 5.56 Å². The molecule has 2 rings (SSSR count). The normalized spacial score (nSPS) is 18.8. The van der Waals surface area contributed by atoms with Crippen LogP contribution < -0.4 is 5.32 Å². The molecular weight excluding hydrogens is 260 g/mol. The van der Waals surface area contributed by atoms with Crippen molar-refractivity contribution < 1.29 is 19.8 Å². The maximum absolute atomic E-state index is 9.10. The molecule has 20 heavy (non-hydrogen) atoms. The van der Waals surface area contributed by atoms with Gasteiger partial charge >= 0.3 is 11.9 Å². The first-order valence-corrected chi connectivity index (χ1v) is 6.45. The zero-order valence-electron chi connectivity index (χ0n) is 11.5. The van der Waals surface area contributed by atoms with Crippen LogP contribution in [0.2, 0.25) is 0 Å². The summed E-state index contributed by atoms with van der Waals surface area (Å²) in [6, 6.07) is 11.4. The molecule has 1 aromatic rings. The minimum absolute atomic E-state index is 0.656. The van der Waals surface area contributed by atoms with E-state index in [1.807, 2.05) is 0 Å². The van der Waals surface area contributed by atoms with Crippen molar-refractivity contribution in [2.45, 2.75) is 19.5 Å². The average Bonchev–Trinajstić information content (AvgIpc) is 2.43. The molecule has 0 spiro atoms. The maximum Gasteiger partial charge on any atom is 0.414 e. The molecule has 0 amide bonds. The second-order valence-corrected chi connectivity index (χ2v) is 4.62. The summed E-state index contributed by atoms with van der Waals surface area (Å²) >= 11 is 0. The summed E-state index contributed by atoms with van der Waals surface area (Å²) in [5.41, 5.74) is 1.42. The Morgan fingerprint density at radius 2 is 1.85 bits per heavy atom. The van der Waals surface area contributed by atoms with Gasteiger partial charge < -0.3 is 15.5 Å². The molecule has 0 aliphatic carbocycles. The van der Waals surface area contributed by atoms with Crippen LogP contribution in [0.25, 0.3) is 0 Å². The fraction of sp³-hybridized carbons (Fsp3) is 0.429. The van der Waals surface area contributed by atoms with Crippen LogP contribution in [0, 0.1) is 0 Å². The average molecular weight is 280 g/mol. The summed E-state index contributed by atoms with van der Waals surface area (Å²) in [7, 11) is 0. The Morgan fingerprint density at radius 3 is 2.35 bits per heavy atom. The predicted molar refractivity (Wildman–Crippen MR) is 74.5 cm³/mol. The number of nitrogens with zero attached hydrogens (tertiary/aromatic N) is 1. The summed E-state index contributed by atoms with van der Waals surface area (Å²) in [4.78, 5) is 20.7. The van der Waals surface area contributed by atoms with Crippen molar-refractivity contribution in [3.63, 3.8) is 0 Å². The summed E-state index contributed by atoms with van der Waals surface area (Å²) in [5, 5.41) is 18.2. The molecule has 6 nitrogen and oxygen atoms in total. The molecule has 1 aliphatic rings. The van der Waals surface area contributed by atoms with Crippen molar-refractivity contribution in [3.05, 3.63) is 35.9 Å². The standard InChI is InChI=1S/C12H18N2.C2H2O4/c1-11-9-13-7-8-14(11)10-12-5-3-2-4-6-12;3-1(4)2(5)6/h2-6,11,13H,7-10H2,1H3;(H,3,4)(H,5,6)/t11-;/m0./s1. The zero-order chi connectivity index (χ0) is 15.0. The molecule has 0 unspecified atom stereocenters. The third kappa shape index (κ3) is 5.81. The van der Waals surface area contributed by atoms with E-state index in [1.54, 1.807) is 0 Å². The van der Waals surface area contributed by atoms with E-state index in [0.717, 1.165) is 26.2 Å². The fourth-order valence-corrected chi connectivity index (χ4v) is 1.94. The summed E-state index contributed by atoms with van der Waals surface area (Å²) in [6.07, 6.45) is 0. The van der Waals surface area contributed by atoms with Gasteiger partial charge in [-0.2, -0.15) is 0 Å². The lowest BCUT2D eigenvalue weighted by atomic mass is 10.1. The fourth-order valence-electron chi connectivity index (χ4n) is 1.94. The number of carboxylic acid groups (broad SMARTS) is 2. The van der Waals surface area contributed by atoms with E-state index in [0.29, 0.717) is 6.04 Å². The number of nitrogens with one attached hydrogen (secondary N) is 1. The van der Waals surface area contributed by atoms with Crippen LogP contribution in [0.1, 0.15) is 12.5 Å². The number of benzene rings is 1. The van der Waals surface area contributed by atoms with Gasteiger partial charge in [0.05, 0.1) is 0 Å². The van der Waals surface area contributed by atoms with Gasteiger partial charge in [0.1, 0.15) is 0 Å². The molecule has 0 aromatic heterocycles. The lowest BCUT2D eigenvalue weighted by Crippen LogP contribution is -2.49. The zero-order valence-corrected chi connectivity index (χ0v) is 11.5. The van der Waals surface area contributed by atoms with Gasteiger partial charge in [0.2, 0.25) is 0 Å². The van der Waals surface area contributed by atoms with E-state index < -0.39 is 11.9 Å². The van der Waals surface area contributed by atoms with Crippen LogP contribution in [0.5, 0.6) is 0 Å². The van der Waals surface area contributed by atoms with Gasteiger partial charge in [-0.3, -0.25) is 4.90 Å². The molecule has 1 aliphatic heterocycles. The molecule has 0 radical (unpaired) electrons. The van der Waals surface area contributed by atoms with Crippen LogP contribution in [-0.4, -0.2) is 52.7 Å². The minimum atomic E-state index is -1.82. The highest BCUT2D eigenvalue weighted by atomic mass is 16.4. The Labute approximate surface area is 118 Å². The van der Waals surface area contributed by atoms with Gasteiger partial charge in [0.25, 0.3) is 0 Å². The van der Waals surface area contributed by atoms with Gasteiger partial charge in [-0.05, 0) is 12.5 Å². The highest BCUT2D eigenvalue weighted by molar-refractivity contribution is 6.27. The highest BCUT2D eigenvalue weighted by Gasteiger charge is 2.17. The quantitative estimate of drug-likeness (QED) is 0.689. The lowest BCUT2D eigenvalue weighted by Gasteiger charge is -2.33. The van der Waals surface area contributed by atoms with Crippen LogP contribution >= 0.6 is 0 Å². The first-order chi connectivity index (χ1) is 9.50. The molecule has 3 N–H and O–H groups in total. The van der Waals surface area contributed by atoms with Crippen molar-refractivity contribution in [2.75, 3.05) is 19.6 Å². The van der Waals surface area contributed by atoms with Crippen molar-refractivity contribution in [2.24, 2.45) is 0 Å². The van der Waals surface area contributed by atoms with Gasteiger partial charge in [0.15, 0.2) is 0 Å². The molecule has 1 atom stereocenters. The smallest absolute Gasteiger partial charge is 0.414 e. The Kier molecular flexibility index (Phi) is 6.69. The second-order valence-electron chi connectivity index (χ2n) is 4.62. The number of hydrogen-bond acceptors (Lipinski definition) is 4. The first kappa shape index (κ1) is 16.1. The molecule has 1 heterocycles. The monoisotopic (exact) mass is 280 g/mol. The van der Waals surface area contributed by atoms with Gasteiger partial charge in [-0.1, -0.05) is 30.3 Å². The minimum Gasteiger partial charge on any atom is -0.473 e. The molecule has 0 saturated carbocycles. The van der Waals surface area contributed by atoms with Crippen molar-refractivity contribution >= 4 is 11.9 Å². The summed E-state index contributed by atoms with van der Waals surface area (Å²) in [6.45, 7) is 6.78. The largest absolute Gasteiger partial charge is 0.473 e. The summed E-state index contributed by atoms with van der Waals surface area (Å²) in [5.74, 6) is -3.65. The Morgan fingerprint density at radius 1 is 1.25 bits per heavy atom.